The number of methoxy groups -OCH3 is 1. The Labute approximate surface area is 161 Å². The normalized spacial score (nSPS) is 15.3. The lowest BCUT2D eigenvalue weighted by Gasteiger charge is -2.26. The van der Waals surface area contributed by atoms with Gasteiger partial charge in [0.2, 0.25) is 5.91 Å². The highest BCUT2D eigenvalue weighted by Crippen LogP contribution is 2.10. The van der Waals surface area contributed by atoms with Crippen LogP contribution in [0.4, 0.5) is 0 Å². The summed E-state index contributed by atoms with van der Waals surface area (Å²) in [4.78, 5) is 18.8. The zero-order valence-corrected chi connectivity index (χ0v) is 16.3. The van der Waals surface area contributed by atoms with Crippen LogP contribution >= 0.6 is 0 Å². The summed E-state index contributed by atoms with van der Waals surface area (Å²) in [6.45, 7) is 8.52. The van der Waals surface area contributed by atoms with Gasteiger partial charge in [-0.05, 0) is 24.6 Å². The van der Waals surface area contributed by atoms with Gasteiger partial charge in [0.15, 0.2) is 5.96 Å². The van der Waals surface area contributed by atoms with E-state index in [1.165, 1.54) is 0 Å². The maximum atomic E-state index is 12.0. The summed E-state index contributed by atoms with van der Waals surface area (Å²) in [5.41, 5.74) is 1.02. The fraction of sp³-hybridized carbons (Fsp3) is 0.579. The predicted molar refractivity (Wildman–Crippen MR) is 106 cm³/mol. The maximum absolute atomic E-state index is 12.0. The average molecular weight is 377 g/mol. The molecule has 8 nitrogen and oxygen atoms in total. The highest BCUT2D eigenvalue weighted by Gasteiger charge is 2.09. The van der Waals surface area contributed by atoms with Crippen molar-refractivity contribution in [3.05, 3.63) is 29.8 Å². The minimum absolute atomic E-state index is 0.0864. The van der Waals surface area contributed by atoms with E-state index in [-0.39, 0.29) is 12.5 Å². The maximum Gasteiger partial charge on any atom is 0.242 e. The minimum atomic E-state index is -0.115. The Morgan fingerprint density at radius 2 is 1.93 bits per heavy atom. The Morgan fingerprint density at radius 3 is 2.59 bits per heavy atom. The summed E-state index contributed by atoms with van der Waals surface area (Å²) < 4.78 is 10.5. The molecule has 1 aromatic carbocycles. The van der Waals surface area contributed by atoms with Crippen LogP contribution in [0.2, 0.25) is 0 Å². The third-order valence-electron chi connectivity index (χ3n) is 4.20. The predicted octanol–water partition coefficient (Wildman–Crippen LogP) is 0.199. The standard InChI is InChI=1S/C19H31N5O3/c1-3-20-19(21-8-9-24-10-12-27-13-11-24)23-15-18(25)22-14-16-4-6-17(26-2)7-5-16/h4-7H,3,8-15H2,1-2H3,(H,22,25)(H2,20,21,23). The molecule has 1 fully saturated rings. The number of nitrogens with one attached hydrogen (secondary N) is 3. The second kappa shape index (κ2) is 12.1. The van der Waals surface area contributed by atoms with Gasteiger partial charge in [-0.1, -0.05) is 12.1 Å². The molecule has 1 aliphatic rings. The molecule has 8 heteroatoms. The van der Waals surface area contributed by atoms with Gasteiger partial charge >= 0.3 is 0 Å². The van der Waals surface area contributed by atoms with Crippen LogP contribution in [0.5, 0.6) is 5.75 Å². The number of carbonyl (C=O) groups is 1. The van der Waals surface area contributed by atoms with Crippen LogP contribution in [0.15, 0.2) is 29.3 Å². The van der Waals surface area contributed by atoms with Gasteiger partial charge < -0.3 is 25.4 Å². The quantitative estimate of drug-likeness (QED) is 0.421. The number of benzene rings is 1. The van der Waals surface area contributed by atoms with Gasteiger partial charge in [-0.2, -0.15) is 0 Å². The first-order chi connectivity index (χ1) is 13.2. The molecule has 150 valence electrons. The summed E-state index contributed by atoms with van der Waals surface area (Å²) in [6.07, 6.45) is 0. The van der Waals surface area contributed by atoms with Crippen molar-refractivity contribution in [1.29, 1.82) is 0 Å². The number of nitrogens with zero attached hydrogens (tertiary/aromatic N) is 2. The van der Waals surface area contributed by atoms with E-state index in [0.717, 1.165) is 57.3 Å². The number of aliphatic imine (C=N–C) groups is 1. The molecule has 0 radical (unpaired) electrons. The summed E-state index contributed by atoms with van der Waals surface area (Å²) in [5, 5.41) is 9.31. The first-order valence-corrected chi connectivity index (χ1v) is 9.43. The molecule has 0 unspecified atom stereocenters. The fourth-order valence-electron chi connectivity index (χ4n) is 2.65. The van der Waals surface area contributed by atoms with E-state index in [0.29, 0.717) is 12.5 Å². The second-order valence-corrected chi connectivity index (χ2v) is 6.20. The first kappa shape index (κ1) is 21.0. The molecule has 1 amide bonds. The van der Waals surface area contributed by atoms with E-state index in [4.69, 9.17) is 9.47 Å². The SMILES string of the molecule is CCNC(=NCC(=O)NCc1ccc(OC)cc1)NCCN1CCOCC1. The van der Waals surface area contributed by atoms with Gasteiger partial charge in [-0.25, -0.2) is 4.99 Å². The molecule has 0 spiro atoms. The molecule has 2 rings (SSSR count). The van der Waals surface area contributed by atoms with E-state index in [9.17, 15) is 4.79 Å². The van der Waals surface area contributed by atoms with Gasteiger partial charge in [0.1, 0.15) is 12.3 Å². The summed E-state index contributed by atoms with van der Waals surface area (Å²) in [7, 11) is 1.63. The van der Waals surface area contributed by atoms with Gasteiger partial charge in [0.05, 0.1) is 20.3 Å². The molecule has 0 atom stereocenters. The van der Waals surface area contributed by atoms with Crippen molar-refractivity contribution in [3.8, 4) is 5.75 Å². The average Bonchev–Trinajstić information content (AvgIpc) is 2.71. The Balaban J connectivity index is 1.70. The van der Waals surface area contributed by atoms with Crippen LogP contribution in [0.25, 0.3) is 0 Å². The van der Waals surface area contributed by atoms with E-state index in [1.807, 2.05) is 31.2 Å². The van der Waals surface area contributed by atoms with Crippen LogP contribution in [0.3, 0.4) is 0 Å². The zero-order chi connectivity index (χ0) is 19.3. The topological polar surface area (TPSA) is 87.2 Å². The smallest absolute Gasteiger partial charge is 0.242 e. The molecule has 0 saturated carbocycles. The summed E-state index contributed by atoms with van der Waals surface area (Å²) in [6, 6.07) is 7.61. The van der Waals surface area contributed by atoms with Crippen molar-refractivity contribution in [2.45, 2.75) is 13.5 Å². The van der Waals surface area contributed by atoms with Gasteiger partial charge in [-0.3, -0.25) is 9.69 Å². The number of ether oxygens (including phenoxy) is 2. The number of guanidine groups is 1. The lowest BCUT2D eigenvalue weighted by Crippen LogP contribution is -2.44. The molecule has 1 heterocycles. The highest BCUT2D eigenvalue weighted by molar-refractivity contribution is 5.84. The monoisotopic (exact) mass is 377 g/mol. The van der Waals surface area contributed by atoms with E-state index in [2.05, 4.69) is 25.8 Å². The molecular formula is C19H31N5O3. The Hall–Kier alpha value is -2.32. The van der Waals surface area contributed by atoms with Crippen LogP contribution < -0.4 is 20.7 Å². The van der Waals surface area contributed by atoms with Crippen LogP contribution in [0.1, 0.15) is 12.5 Å². The van der Waals surface area contributed by atoms with Gasteiger partial charge in [0.25, 0.3) is 0 Å². The second-order valence-electron chi connectivity index (χ2n) is 6.20. The Kier molecular flexibility index (Phi) is 9.43. The third-order valence-corrected chi connectivity index (χ3v) is 4.20. The summed E-state index contributed by atoms with van der Waals surface area (Å²) >= 11 is 0. The van der Waals surface area contributed by atoms with Gasteiger partial charge in [0, 0.05) is 39.3 Å². The van der Waals surface area contributed by atoms with Crippen LogP contribution in [0, 0.1) is 0 Å². The lowest BCUT2D eigenvalue weighted by molar-refractivity contribution is -0.119. The molecule has 0 aromatic heterocycles. The number of hydrogen-bond donors (Lipinski definition) is 3. The van der Waals surface area contributed by atoms with Crippen LogP contribution in [-0.2, 0) is 16.1 Å². The molecule has 0 bridgehead atoms. The molecule has 1 aliphatic heterocycles. The lowest BCUT2D eigenvalue weighted by atomic mass is 10.2. The van der Waals surface area contributed by atoms with Crippen molar-refractivity contribution in [2.75, 3.05) is 59.6 Å². The summed E-state index contributed by atoms with van der Waals surface area (Å²) in [5.74, 6) is 1.34. The van der Waals surface area contributed by atoms with Gasteiger partial charge in [-0.15, -0.1) is 0 Å². The first-order valence-electron chi connectivity index (χ1n) is 9.43. The third kappa shape index (κ3) is 8.27. The van der Waals surface area contributed by atoms with Crippen molar-refractivity contribution >= 4 is 11.9 Å². The molecule has 1 saturated heterocycles. The molecule has 27 heavy (non-hydrogen) atoms. The largest absolute Gasteiger partial charge is 0.497 e. The Morgan fingerprint density at radius 1 is 1.19 bits per heavy atom. The highest BCUT2D eigenvalue weighted by atomic mass is 16.5. The molecular weight excluding hydrogens is 346 g/mol. The zero-order valence-electron chi connectivity index (χ0n) is 16.3. The van der Waals surface area contributed by atoms with Crippen molar-refractivity contribution in [1.82, 2.24) is 20.9 Å². The molecule has 3 N–H and O–H groups in total. The van der Waals surface area contributed by atoms with Crippen LogP contribution in [-0.4, -0.2) is 76.4 Å². The van der Waals surface area contributed by atoms with E-state index in [1.54, 1.807) is 7.11 Å². The number of morpholine rings is 1. The molecule has 0 aliphatic carbocycles. The van der Waals surface area contributed by atoms with E-state index < -0.39 is 0 Å². The Bertz CT molecular complexity index is 586. The minimum Gasteiger partial charge on any atom is -0.497 e. The molecule has 1 aromatic rings. The fourth-order valence-corrected chi connectivity index (χ4v) is 2.65. The van der Waals surface area contributed by atoms with Crippen molar-refractivity contribution in [2.24, 2.45) is 4.99 Å². The van der Waals surface area contributed by atoms with E-state index >= 15 is 0 Å². The number of hydrogen-bond acceptors (Lipinski definition) is 5. The number of carbonyl (C=O) groups excluding carboxylic acids is 1. The van der Waals surface area contributed by atoms with Crippen molar-refractivity contribution < 1.29 is 14.3 Å². The van der Waals surface area contributed by atoms with Crippen molar-refractivity contribution in [3.63, 3.8) is 0 Å². The number of amides is 1. The number of rotatable bonds is 9.